The van der Waals surface area contributed by atoms with Crippen molar-refractivity contribution >= 4 is 33.6 Å². The number of aliphatic hydroxyl groups is 2. The number of phosphoric ester groups is 2. The predicted octanol–water partition coefficient (Wildman–Crippen LogP) is 24.1. The summed E-state index contributed by atoms with van der Waals surface area (Å²) in [6.07, 6.45) is 92.5. The van der Waals surface area contributed by atoms with E-state index in [1.54, 1.807) is 0 Å². The Bertz CT molecular complexity index is 2360. The zero-order chi connectivity index (χ0) is 75.2. The van der Waals surface area contributed by atoms with Crippen LogP contribution in [0, 0.1) is 0 Å². The van der Waals surface area contributed by atoms with Crippen LogP contribution < -0.4 is 0 Å². The molecule has 0 radical (unpaired) electrons. The highest BCUT2D eigenvalue weighted by atomic mass is 31.2. The molecule has 0 aromatic heterocycles. The number of phosphoric acid groups is 2. The minimum atomic E-state index is -4.93. The van der Waals surface area contributed by atoms with Gasteiger partial charge in [-0.05, 0) is 135 Å². The molecule has 0 spiro atoms. The Balaban J connectivity index is 4.49. The number of allylic oxidation sites excluding steroid dienone is 20. The summed E-state index contributed by atoms with van der Waals surface area (Å²) in [5.41, 5.74) is 0. The molecule has 103 heavy (non-hydrogen) atoms. The first-order chi connectivity index (χ1) is 50.2. The predicted molar refractivity (Wildman–Crippen MR) is 427 cm³/mol. The molecule has 0 aromatic carbocycles. The standard InChI is InChI=1S/C85H148O16P2/c1-4-7-10-13-16-19-22-25-27-29-31-33-35-37-38-39-40-42-44-45-47-49-51-54-56-59-62-65-68-71-83(88)95-74-80(86)75-97-102(91,92)98-76-81(87)77-99-103(93,94)100-79-82(101-85(90)73-70-67-64-61-58-53-24-21-18-15-12-9-6-3)78-96-84(89)72-69-66-63-60-57-55-52-50-48-46-43-41-36-34-32-30-28-26-23-20-17-14-11-8-5-2/h7,10,16-17,19-21,24-28,31-34,37-38,41,43,80-82,86-87H,4-6,8-9,11-15,18,22-23,29-30,35-36,39-40,42,44-79H2,1-3H3,(H,91,92)(H,93,94)/b10-7-,19-16-,20-17-,24-21-,27-25-,28-26-,33-31-,34-32-,38-37-,43-41-. The van der Waals surface area contributed by atoms with Gasteiger partial charge in [0, 0.05) is 19.3 Å². The Morgan fingerprint density at radius 1 is 0.282 bits per heavy atom. The second-order valence-electron chi connectivity index (χ2n) is 27.2. The van der Waals surface area contributed by atoms with Crippen molar-refractivity contribution in [1.29, 1.82) is 0 Å². The van der Waals surface area contributed by atoms with E-state index in [9.17, 15) is 43.5 Å². The highest BCUT2D eigenvalue weighted by Crippen LogP contribution is 2.45. The van der Waals surface area contributed by atoms with E-state index in [1.807, 2.05) is 0 Å². The average molecular weight is 1490 g/mol. The smallest absolute Gasteiger partial charge is 0.463 e. The van der Waals surface area contributed by atoms with Crippen LogP contribution in [0.3, 0.4) is 0 Å². The first-order valence-electron chi connectivity index (χ1n) is 40.8. The topological polar surface area (TPSA) is 231 Å². The van der Waals surface area contributed by atoms with Crippen LogP contribution in [-0.2, 0) is 55.8 Å². The fourth-order valence-electron chi connectivity index (χ4n) is 10.9. The van der Waals surface area contributed by atoms with E-state index >= 15 is 0 Å². The first kappa shape index (κ1) is 98.9. The van der Waals surface area contributed by atoms with Crippen LogP contribution in [0.2, 0.25) is 0 Å². The van der Waals surface area contributed by atoms with Crippen LogP contribution in [0.1, 0.15) is 342 Å². The number of hydrogen-bond acceptors (Lipinski definition) is 14. The Hall–Kier alpha value is -4.05. The molecule has 0 aliphatic heterocycles. The second-order valence-corrected chi connectivity index (χ2v) is 30.1. The molecule has 0 fully saturated rings. The molecule has 0 saturated carbocycles. The molecule has 5 atom stereocenters. The van der Waals surface area contributed by atoms with Crippen molar-refractivity contribution in [3.63, 3.8) is 0 Å². The fourth-order valence-corrected chi connectivity index (χ4v) is 12.5. The van der Waals surface area contributed by atoms with Crippen LogP contribution in [0.4, 0.5) is 0 Å². The lowest BCUT2D eigenvalue weighted by Crippen LogP contribution is -2.30. The van der Waals surface area contributed by atoms with Gasteiger partial charge < -0.3 is 34.2 Å². The average Bonchev–Trinajstić information content (AvgIpc) is 0.923. The SMILES string of the molecule is CC/C=C\C/C=C\C/C=C\C/C=C\C/C=C\CCCCCCCCCCCCCCCC(=O)OCC(O)COP(=O)(O)OCC(O)COP(=O)(O)OCC(COC(=O)CCCCCCCCCCC/C=C\C/C=C\C/C=C\C/C=C\CCCCC)OC(=O)CCCCCCC/C=C\CCCCCC. The molecule has 5 unspecified atom stereocenters. The summed E-state index contributed by atoms with van der Waals surface area (Å²) in [6.45, 7) is 2.53. The van der Waals surface area contributed by atoms with E-state index < -0.39 is 91.5 Å². The number of carbonyl (C=O) groups excluding carboxylic acids is 3. The molecule has 594 valence electrons. The van der Waals surface area contributed by atoms with Gasteiger partial charge in [-0.15, -0.1) is 0 Å². The van der Waals surface area contributed by atoms with E-state index in [0.717, 1.165) is 148 Å². The van der Waals surface area contributed by atoms with Gasteiger partial charge >= 0.3 is 33.6 Å². The summed E-state index contributed by atoms with van der Waals surface area (Å²) in [5, 5.41) is 20.6. The molecule has 0 aliphatic carbocycles. The van der Waals surface area contributed by atoms with Gasteiger partial charge in [0.2, 0.25) is 0 Å². The van der Waals surface area contributed by atoms with Crippen molar-refractivity contribution < 1.29 is 75.8 Å². The number of carbonyl (C=O) groups is 3. The Morgan fingerprint density at radius 2 is 0.515 bits per heavy atom. The minimum absolute atomic E-state index is 0.0926. The largest absolute Gasteiger partial charge is 0.472 e. The number of ether oxygens (including phenoxy) is 3. The van der Waals surface area contributed by atoms with Crippen molar-refractivity contribution in [3.05, 3.63) is 122 Å². The van der Waals surface area contributed by atoms with Crippen LogP contribution in [0.25, 0.3) is 0 Å². The van der Waals surface area contributed by atoms with E-state index in [4.69, 9.17) is 32.3 Å². The summed E-state index contributed by atoms with van der Waals surface area (Å²) >= 11 is 0. The number of esters is 3. The summed E-state index contributed by atoms with van der Waals surface area (Å²) in [5.74, 6) is -1.58. The normalized spacial score (nSPS) is 14.6. The van der Waals surface area contributed by atoms with E-state index in [1.165, 1.54) is 135 Å². The molecule has 0 saturated heterocycles. The molecular weight excluding hydrogens is 1340 g/mol. The van der Waals surface area contributed by atoms with Gasteiger partial charge in [-0.2, -0.15) is 0 Å². The number of rotatable bonds is 77. The first-order valence-corrected chi connectivity index (χ1v) is 43.8. The Labute approximate surface area is 627 Å². The highest BCUT2D eigenvalue weighted by Gasteiger charge is 2.29. The lowest BCUT2D eigenvalue weighted by molar-refractivity contribution is -0.161. The second kappa shape index (κ2) is 77.6. The lowest BCUT2D eigenvalue weighted by atomic mass is 10.0. The molecule has 4 N–H and O–H groups in total. The van der Waals surface area contributed by atoms with Gasteiger partial charge in [0.15, 0.2) is 6.10 Å². The lowest BCUT2D eigenvalue weighted by Gasteiger charge is -2.21. The molecule has 18 heteroatoms. The van der Waals surface area contributed by atoms with Gasteiger partial charge in [-0.1, -0.05) is 309 Å². The van der Waals surface area contributed by atoms with E-state index in [2.05, 4.69) is 142 Å². The maximum atomic E-state index is 13.0. The van der Waals surface area contributed by atoms with Crippen molar-refractivity contribution in [2.45, 2.75) is 360 Å². The zero-order valence-corrected chi connectivity index (χ0v) is 66.7. The Kier molecular flexibility index (Phi) is 74.5. The molecule has 0 rings (SSSR count). The zero-order valence-electron chi connectivity index (χ0n) is 65.0. The van der Waals surface area contributed by atoms with Gasteiger partial charge in [0.05, 0.1) is 26.4 Å². The van der Waals surface area contributed by atoms with Crippen molar-refractivity contribution in [2.75, 3.05) is 39.6 Å². The quantitative estimate of drug-likeness (QED) is 0.0146. The number of unbranched alkanes of at least 4 members (excludes halogenated alkanes) is 34. The molecule has 0 amide bonds. The van der Waals surface area contributed by atoms with E-state index in [0.29, 0.717) is 19.3 Å². The summed E-state index contributed by atoms with van der Waals surface area (Å²) in [6, 6.07) is 0. The maximum absolute atomic E-state index is 13.0. The summed E-state index contributed by atoms with van der Waals surface area (Å²) in [4.78, 5) is 58.7. The van der Waals surface area contributed by atoms with Crippen LogP contribution in [-0.4, -0.2) is 95.9 Å². The van der Waals surface area contributed by atoms with Crippen molar-refractivity contribution in [3.8, 4) is 0 Å². The minimum Gasteiger partial charge on any atom is -0.463 e. The summed E-state index contributed by atoms with van der Waals surface area (Å²) < 4.78 is 61.2. The molecule has 0 aliphatic rings. The highest BCUT2D eigenvalue weighted by molar-refractivity contribution is 7.47. The van der Waals surface area contributed by atoms with Crippen molar-refractivity contribution in [2.24, 2.45) is 0 Å². The molecule has 0 aromatic rings. The molecule has 16 nitrogen and oxygen atoms in total. The molecular formula is C85H148O16P2. The van der Waals surface area contributed by atoms with Gasteiger partial charge in [0.25, 0.3) is 0 Å². The van der Waals surface area contributed by atoms with Crippen LogP contribution in [0.15, 0.2) is 122 Å². The maximum Gasteiger partial charge on any atom is 0.472 e. The Morgan fingerprint density at radius 3 is 0.845 bits per heavy atom. The number of hydrogen-bond donors (Lipinski definition) is 4. The third-order valence-electron chi connectivity index (χ3n) is 17.1. The molecule has 0 heterocycles. The van der Waals surface area contributed by atoms with Gasteiger partial charge in [-0.25, -0.2) is 9.13 Å². The fraction of sp³-hybridized carbons (Fsp3) is 0.729. The summed E-state index contributed by atoms with van der Waals surface area (Å²) in [7, 11) is -9.79. The monoisotopic (exact) mass is 1490 g/mol. The van der Waals surface area contributed by atoms with E-state index in [-0.39, 0.29) is 19.3 Å². The van der Waals surface area contributed by atoms with Gasteiger partial charge in [-0.3, -0.25) is 32.5 Å². The third-order valence-corrected chi connectivity index (χ3v) is 19.0. The van der Waals surface area contributed by atoms with Gasteiger partial charge in [0.1, 0.15) is 25.4 Å². The van der Waals surface area contributed by atoms with Crippen LogP contribution in [0.5, 0.6) is 0 Å². The number of aliphatic hydroxyl groups excluding tert-OH is 2. The third kappa shape index (κ3) is 78.8. The molecule has 0 bridgehead atoms. The van der Waals surface area contributed by atoms with Crippen LogP contribution >= 0.6 is 15.6 Å². The van der Waals surface area contributed by atoms with Crippen molar-refractivity contribution in [1.82, 2.24) is 0 Å².